The van der Waals surface area contributed by atoms with Gasteiger partial charge in [-0.3, -0.25) is 14.5 Å². The monoisotopic (exact) mass is 346 g/mol. The quantitative estimate of drug-likeness (QED) is 0.655. The molecule has 0 spiro atoms. The molecule has 0 atom stereocenters. The molecule has 0 bridgehead atoms. The number of amides is 1. The van der Waals surface area contributed by atoms with Gasteiger partial charge in [0.25, 0.3) is 0 Å². The molecule has 2 aliphatic rings. The normalized spacial score (nSPS) is 17.4. The highest BCUT2D eigenvalue weighted by molar-refractivity contribution is 6.05. The molecule has 0 saturated heterocycles. The summed E-state index contributed by atoms with van der Waals surface area (Å²) in [7, 11) is 2.00. The predicted octanol–water partition coefficient (Wildman–Crippen LogP) is 3.21. The zero-order chi connectivity index (χ0) is 17.8. The van der Waals surface area contributed by atoms with Crippen molar-refractivity contribution >= 4 is 17.4 Å². The van der Waals surface area contributed by atoms with Crippen molar-refractivity contribution in [2.75, 3.05) is 25.7 Å². The van der Waals surface area contributed by atoms with Crippen molar-refractivity contribution in [2.45, 2.75) is 51.5 Å². The van der Waals surface area contributed by atoms with Crippen LogP contribution in [-0.2, 0) is 4.79 Å². The molecular formula is C19H26N2O4. The van der Waals surface area contributed by atoms with Gasteiger partial charge in [-0.15, -0.1) is 0 Å². The van der Waals surface area contributed by atoms with Crippen LogP contribution in [0.4, 0.5) is 5.69 Å². The van der Waals surface area contributed by atoms with Crippen LogP contribution in [0.25, 0.3) is 0 Å². The molecule has 1 heterocycles. The number of anilines is 1. The third kappa shape index (κ3) is 4.31. The third-order valence-electron chi connectivity index (χ3n) is 5.01. The van der Waals surface area contributed by atoms with E-state index in [1.165, 1.54) is 32.6 Å². The third-order valence-corrected chi connectivity index (χ3v) is 5.01. The first-order valence-corrected chi connectivity index (χ1v) is 8.99. The number of benzene rings is 1. The van der Waals surface area contributed by atoms with Crippen LogP contribution in [0.5, 0.6) is 11.5 Å². The largest absolute Gasteiger partial charge is 0.454 e. The van der Waals surface area contributed by atoms with Crippen LogP contribution in [0.2, 0.25) is 0 Å². The summed E-state index contributed by atoms with van der Waals surface area (Å²) in [6, 6.07) is 3.76. The average molecular weight is 346 g/mol. The molecule has 25 heavy (non-hydrogen) atoms. The number of likely N-dealkylation sites (N-methyl/N-ethyl adjacent to an activating group) is 1. The molecule has 1 saturated carbocycles. The maximum Gasteiger partial charge on any atom is 0.238 e. The van der Waals surface area contributed by atoms with Crippen LogP contribution < -0.4 is 14.8 Å². The Morgan fingerprint density at radius 1 is 1.12 bits per heavy atom. The fourth-order valence-electron chi connectivity index (χ4n) is 3.58. The minimum Gasteiger partial charge on any atom is -0.454 e. The van der Waals surface area contributed by atoms with Crippen molar-refractivity contribution in [3.05, 3.63) is 17.7 Å². The van der Waals surface area contributed by atoms with E-state index in [9.17, 15) is 9.59 Å². The molecule has 1 N–H and O–H groups in total. The molecule has 1 aliphatic carbocycles. The second-order valence-electron chi connectivity index (χ2n) is 6.92. The first kappa shape index (κ1) is 17.7. The Morgan fingerprint density at radius 2 is 1.76 bits per heavy atom. The second-order valence-corrected chi connectivity index (χ2v) is 6.92. The zero-order valence-corrected chi connectivity index (χ0v) is 15.0. The number of ether oxygens (including phenoxy) is 2. The summed E-state index contributed by atoms with van der Waals surface area (Å²) in [6.45, 7) is 1.93. The highest BCUT2D eigenvalue weighted by Gasteiger charge is 2.22. The highest BCUT2D eigenvalue weighted by atomic mass is 16.7. The molecule has 1 aromatic carbocycles. The van der Waals surface area contributed by atoms with E-state index in [1.54, 1.807) is 12.1 Å². The Morgan fingerprint density at radius 3 is 2.40 bits per heavy atom. The highest BCUT2D eigenvalue weighted by Crippen LogP contribution is 2.37. The zero-order valence-electron chi connectivity index (χ0n) is 15.0. The molecule has 3 rings (SSSR count). The molecule has 136 valence electrons. The van der Waals surface area contributed by atoms with Crippen LogP contribution in [-0.4, -0.2) is 43.0 Å². The van der Waals surface area contributed by atoms with Crippen LogP contribution in [0.1, 0.15) is 55.8 Å². The minimum atomic E-state index is -0.120. The van der Waals surface area contributed by atoms with Crippen molar-refractivity contribution < 1.29 is 19.1 Å². The van der Waals surface area contributed by atoms with Gasteiger partial charge in [0.15, 0.2) is 17.3 Å². The number of fused-ring (bicyclic) bond motifs is 1. The van der Waals surface area contributed by atoms with Gasteiger partial charge in [-0.1, -0.05) is 25.7 Å². The molecular weight excluding hydrogens is 320 g/mol. The summed E-state index contributed by atoms with van der Waals surface area (Å²) in [5.74, 6) is 0.857. The van der Waals surface area contributed by atoms with Gasteiger partial charge < -0.3 is 14.8 Å². The smallest absolute Gasteiger partial charge is 0.238 e. The SMILES string of the molecule is CC(=O)c1cc2c(cc1NC(=O)CN(C)C1CCCCCC1)OCO2. The van der Waals surface area contributed by atoms with Crippen LogP contribution >= 0.6 is 0 Å². The predicted molar refractivity (Wildman–Crippen MR) is 95.3 cm³/mol. The van der Waals surface area contributed by atoms with Crippen molar-refractivity contribution in [1.29, 1.82) is 0 Å². The molecule has 6 nitrogen and oxygen atoms in total. The molecule has 0 unspecified atom stereocenters. The van der Waals surface area contributed by atoms with Gasteiger partial charge in [-0.05, 0) is 32.9 Å². The number of rotatable bonds is 5. The van der Waals surface area contributed by atoms with Crippen LogP contribution in [0.3, 0.4) is 0 Å². The summed E-state index contributed by atoms with van der Waals surface area (Å²) in [5.41, 5.74) is 0.922. The maximum absolute atomic E-state index is 12.5. The molecule has 0 radical (unpaired) electrons. The number of nitrogens with one attached hydrogen (secondary N) is 1. The number of Topliss-reactive ketones (excluding diaryl/α,β-unsaturated/α-hetero) is 1. The van der Waals surface area contributed by atoms with Gasteiger partial charge >= 0.3 is 0 Å². The average Bonchev–Trinajstić information content (AvgIpc) is 2.84. The number of ketones is 1. The fourth-order valence-corrected chi connectivity index (χ4v) is 3.58. The lowest BCUT2D eigenvalue weighted by Crippen LogP contribution is -2.37. The van der Waals surface area contributed by atoms with E-state index in [4.69, 9.17) is 9.47 Å². The summed E-state index contributed by atoms with van der Waals surface area (Å²) in [4.78, 5) is 26.5. The van der Waals surface area contributed by atoms with E-state index in [0.29, 0.717) is 35.3 Å². The van der Waals surface area contributed by atoms with E-state index >= 15 is 0 Å². The number of carbonyl (C=O) groups excluding carboxylic acids is 2. The van der Waals surface area contributed by atoms with Gasteiger partial charge in [0.2, 0.25) is 12.7 Å². The minimum absolute atomic E-state index is 0.117. The standard InChI is InChI=1S/C19H26N2O4/c1-13(22)15-9-17-18(25-12-24-17)10-16(15)20-19(23)11-21(2)14-7-5-3-4-6-8-14/h9-10,14H,3-8,11-12H2,1-2H3,(H,20,23). The second kappa shape index (κ2) is 7.87. The van der Waals surface area contributed by atoms with Gasteiger partial charge in [0, 0.05) is 17.7 Å². The molecule has 1 aromatic rings. The molecule has 1 fully saturated rings. The molecule has 0 aromatic heterocycles. The van der Waals surface area contributed by atoms with Gasteiger partial charge in [0.05, 0.1) is 12.2 Å². The Hall–Kier alpha value is -2.08. The Kier molecular flexibility index (Phi) is 5.58. The van der Waals surface area contributed by atoms with Crippen LogP contribution in [0, 0.1) is 0 Å². The summed E-state index contributed by atoms with van der Waals surface area (Å²) in [5, 5.41) is 2.87. The van der Waals surface area contributed by atoms with Crippen molar-refractivity contribution in [3.63, 3.8) is 0 Å². The lowest BCUT2D eigenvalue weighted by atomic mass is 10.1. The van der Waals surface area contributed by atoms with Gasteiger partial charge in [0.1, 0.15) is 0 Å². The summed E-state index contributed by atoms with van der Waals surface area (Å²) < 4.78 is 10.7. The number of hydrogen-bond acceptors (Lipinski definition) is 5. The summed E-state index contributed by atoms with van der Waals surface area (Å²) in [6.07, 6.45) is 7.32. The number of hydrogen-bond donors (Lipinski definition) is 1. The van der Waals surface area contributed by atoms with E-state index < -0.39 is 0 Å². The Labute approximate surface area is 148 Å². The van der Waals surface area contributed by atoms with Crippen LogP contribution in [0.15, 0.2) is 12.1 Å². The number of nitrogens with zero attached hydrogens (tertiary/aromatic N) is 1. The molecule has 6 heteroatoms. The van der Waals surface area contributed by atoms with Crippen molar-refractivity contribution in [1.82, 2.24) is 4.90 Å². The summed E-state index contributed by atoms with van der Waals surface area (Å²) >= 11 is 0. The maximum atomic E-state index is 12.5. The van der Waals surface area contributed by atoms with E-state index in [0.717, 1.165) is 12.8 Å². The van der Waals surface area contributed by atoms with Crippen molar-refractivity contribution in [3.8, 4) is 11.5 Å². The van der Waals surface area contributed by atoms with Crippen molar-refractivity contribution in [2.24, 2.45) is 0 Å². The first-order valence-electron chi connectivity index (χ1n) is 8.99. The Balaban J connectivity index is 1.67. The first-order chi connectivity index (χ1) is 12.0. The lowest BCUT2D eigenvalue weighted by molar-refractivity contribution is -0.117. The number of carbonyl (C=O) groups is 2. The lowest BCUT2D eigenvalue weighted by Gasteiger charge is -2.26. The van der Waals surface area contributed by atoms with Gasteiger partial charge in [-0.25, -0.2) is 0 Å². The fraction of sp³-hybridized carbons (Fsp3) is 0.579. The Bertz CT molecular complexity index is 651. The van der Waals surface area contributed by atoms with Gasteiger partial charge in [-0.2, -0.15) is 0 Å². The van der Waals surface area contributed by atoms with E-state index in [-0.39, 0.29) is 18.5 Å². The van der Waals surface area contributed by atoms with E-state index in [1.807, 2.05) is 7.05 Å². The molecule has 1 amide bonds. The van der Waals surface area contributed by atoms with E-state index in [2.05, 4.69) is 10.2 Å². The topological polar surface area (TPSA) is 67.9 Å². The molecule has 1 aliphatic heterocycles.